The zero-order valence-electron chi connectivity index (χ0n) is 14.1. The summed E-state index contributed by atoms with van der Waals surface area (Å²) in [7, 11) is 1.91. The summed E-state index contributed by atoms with van der Waals surface area (Å²) in [5, 5.41) is 3.12. The summed E-state index contributed by atoms with van der Waals surface area (Å²) in [5.74, 6) is 0.503. The lowest BCUT2D eigenvalue weighted by Gasteiger charge is -2.18. The minimum atomic E-state index is -0.0733. The Bertz CT molecular complexity index is 649. The summed E-state index contributed by atoms with van der Waals surface area (Å²) in [4.78, 5) is 23.0. The summed E-state index contributed by atoms with van der Waals surface area (Å²) in [6.07, 6.45) is 10.3. The number of para-hydroxylation sites is 1. The zero-order valence-corrected chi connectivity index (χ0v) is 14.1. The summed E-state index contributed by atoms with van der Waals surface area (Å²) in [6.45, 7) is 0. The van der Waals surface area contributed by atoms with E-state index in [-0.39, 0.29) is 11.9 Å². The Kier molecular flexibility index (Phi) is 5.41. The van der Waals surface area contributed by atoms with Gasteiger partial charge in [0.2, 0.25) is 5.95 Å². The van der Waals surface area contributed by atoms with E-state index in [1.165, 1.54) is 25.7 Å². The maximum Gasteiger partial charge on any atom is 0.254 e. The zero-order chi connectivity index (χ0) is 16.8. The Morgan fingerprint density at radius 1 is 1.04 bits per heavy atom. The van der Waals surface area contributed by atoms with E-state index < -0.39 is 0 Å². The number of hydrogen-bond donors (Lipinski definition) is 1. The first-order valence-corrected chi connectivity index (χ1v) is 8.66. The van der Waals surface area contributed by atoms with Gasteiger partial charge < -0.3 is 10.2 Å². The third kappa shape index (κ3) is 4.10. The molecule has 24 heavy (non-hydrogen) atoms. The second-order valence-electron chi connectivity index (χ2n) is 6.33. The SMILES string of the molecule is CN(c1ccccc1)c1ncc(C(=O)NC2CCCCCC2)cn1. The molecule has 3 rings (SSSR count). The van der Waals surface area contributed by atoms with Crippen LogP contribution in [0, 0.1) is 0 Å². The minimum Gasteiger partial charge on any atom is -0.349 e. The van der Waals surface area contributed by atoms with Crippen LogP contribution in [0.1, 0.15) is 48.9 Å². The predicted molar refractivity (Wildman–Crippen MR) is 95.5 cm³/mol. The van der Waals surface area contributed by atoms with Crippen LogP contribution in [0.3, 0.4) is 0 Å². The number of carbonyl (C=O) groups excluding carboxylic acids is 1. The largest absolute Gasteiger partial charge is 0.349 e. The number of carbonyl (C=O) groups is 1. The van der Waals surface area contributed by atoms with Crippen molar-refractivity contribution in [2.24, 2.45) is 0 Å². The third-order valence-corrected chi connectivity index (χ3v) is 4.53. The average molecular weight is 324 g/mol. The maximum atomic E-state index is 12.4. The van der Waals surface area contributed by atoms with Gasteiger partial charge in [0.25, 0.3) is 5.91 Å². The van der Waals surface area contributed by atoms with Gasteiger partial charge in [0.1, 0.15) is 0 Å². The lowest BCUT2D eigenvalue weighted by molar-refractivity contribution is 0.0932. The normalized spacial score (nSPS) is 15.5. The number of nitrogens with one attached hydrogen (secondary N) is 1. The minimum absolute atomic E-state index is 0.0733. The van der Waals surface area contributed by atoms with Gasteiger partial charge in [0, 0.05) is 31.2 Å². The van der Waals surface area contributed by atoms with Gasteiger partial charge in [0.15, 0.2) is 0 Å². The summed E-state index contributed by atoms with van der Waals surface area (Å²) in [5.41, 5.74) is 1.53. The van der Waals surface area contributed by atoms with Gasteiger partial charge >= 0.3 is 0 Å². The first-order chi connectivity index (χ1) is 11.7. The Balaban J connectivity index is 1.64. The van der Waals surface area contributed by atoms with Crippen molar-refractivity contribution in [2.45, 2.75) is 44.6 Å². The molecule has 0 bridgehead atoms. The fourth-order valence-electron chi connectivity index (χ4n) is 3.07. The predicted octanol–water partition coefficient (Wildman–Crippen LogP) is 3.70. The average Bonchev–Trinajstić information content (AvgIpc) is 2.90. The lowest BCUT2D eigenvalue weighted by Crippen LogP contribution is -2.34. The molecule has 0 unspecified atom stereocenters. The highest BCUT2D eigenvalue weighted by molar-refractivity contribution is 5.93. The van der Waals surface area contributed by atoms with E-state index in [1.807, 2.05) is 42.3 Å². The number of anilines is 2. The quantitative estimate of drug-likeness (QED) is 0.871. The van der Waals surface area contributed by atoms with E-state index >= 15 is 0 Å². The van der Waals surface area contributed by atoms with Crippen molar-refractivity contribution in [3.05, 3.63) is 48.3 Å². The molecule has 1 aromatic carbocycles. The second-order valence-corrected chi connectivity index (χ2v) is 6.33. The van der Waals surface area contributed by atoms with Crippen LogP contribution in [-0.4, -0.2) is 29.0 Å². The first-order valence-electron chi connectivity index (χ1n) is 8.66. The Hall–Kier alpha value is -2.43. The Morgan fingerprint density at radius 3 is 2.29 bits per heavy atom. The number of nitrogens with zero attached hydrogens (tertiary/aromatic N) is 3. The second kappa shape index (κ2) is 7.90. The molecule has 1 N–H and O–H groups in total. The highest BCUT2D eigenvalue weighted by atomic mass is 16.1. The van der Waals surface area contributed by atoms with Crippen molar-refractivity contribution in [3.8, 4) is 0 Å². The van der Waals surface area contributed by atoms with Crippen LogP contribution >= 0.6 is 0 Å². The molecular weight excluding hydrogens is 300 g/mol. The molecule has 1 heterocycles. The van der Waals surface area contributed by atoms with Crippen LogP contribution in [0.5, 0.6) is 0 Å². The summed E-state index contributed by atoms with van der Waals surface area (Å²) in [6, 6.07) is 10.2. The molecule has 5 nitrogen and oxygen atoms in total. The molecule has 0 radical (unpaired) electrons. The molecule has 1 amide bonds. The van der Waals surface area contributed by atoms with Crippen LogP contribution in [0.15, 0.2) is 42.7 Å². The number of benzene rings is 1. The smallest absolute Gasteiger partial charge is 0.254 e. The molecule has 1 fully saturated rings. The van der Waals surface area contributed by atoms with Gasteiger partial charge in [-0.05, 0) is 25.0 Å². The van der Waals surface area contributed by atoms with Crippen molar-refractivity contribution >= 4 is 17.5 Å². The van der Waals surface area contributed by atoms with Crippen molar-refractivity contribution in [2.75, 3.05) is 11.9 Å². The molecule has 0 saturated heterocycles. The van der Waals surface area contributed by atoms with Crippen LogP contribution in [0.25, 0.3) is 0 Å². The monoisotopic (exact) mass is 324 g/mol. The fourth-order valence-corrected chi connectivity index (χ4v) is 3.07. The van der Waals surface area contributed by atoms with Crippen molar-refractivity contribution in [1.82, 2.24) is 15.3 Å². The first kappa shape index (κ1) is 16.4. The van der Waals surface area contributed by atoms with Gasteiger partial charge in [-0.1, -0.05) is 43.9 Å². The molecule has 1 aliphatic carbocycles. The highest BCUT2D eigenvalue weighted by Crippen LogP contribution is 2.20. The fraction of sp³-hybridized carbons (Fsp3) is 0.421. The molecule has 126 valence electrons. The number of hydrogen-bond acceptors (Lipinski definition) is 4. The Morgan fingerprint density at radius 2 is 1.67 bits per heavy atom. The van der Waals surface area contributed by atoms with E-state index in [0.717, 1.165) is 18.5 Å². The molecule has 5 heteroatoms. The molecule has 1 aliphatic rings. The topological polar surface area (TPSA) is 58.1 Å². The van der Waals surface area contributed by atoms with Crippen molar-refractivity contribution < 1.29 is 4.79 Å². The maximum absolute atomic E-state index is 12.4. The van der Waals surface area contributed by atoms with Crippen molar-refractivity contribution in [3.63, 3.8) is 0 Å². The van der Waals surface area contributed by atoms with Crippen LogP contribution in [0.2, 0.25) is 0 Å². The van der Waals surface area contributed by atoms with Crippen LogP contribution < -0.4 is 10.2 Å². The van der Waals surface area contributed by atoms with Gasteiger partial charge in [-0.15, -0.1) is 0 Å². The molecule has 1 aromatic heterocycles. The number of rotatable bonds is 4. The van der Waals surface area contributed by atoms with E-state index in [4.69, 9.17) is 0 Å². The third-order valence-electron chi connectivity index (χ3n) is 4.53. The van der Waals surface area contributed by atoms with E-state index in [9.17, 15) is 4.79 Å². The van der Waals surface area contributed by atoms with Gasteiger partial charge in [-0.3, -0.25) is 4.79 Å². The van der Waals surface area contributed by atoms with Gasteiger partial charge in [0.05, 0.1) is 5.56 Å². The summed E-state index contributed by atoms with van der Waals surface area (Å²) >= 11 is 0. The molecule has 0 aliphatic heterocycles. The molecule has 2 aromatic rings. The van der Waals surface area contributed by atoms with Crippen LogP contribution in [-0.2, 0) is 0 Å². The molecular formula is C19H24N4O. The lowest BCUT2D eigenvalue weighted by atomic mass is 10.1. The number of aromatic nitrogens is 2. The summed E-state index contributed by atoms with van der Waals surface area (Å²) < 4.78 is 0. The van der Waals surface area contributed by atoms with E-state index in [0.29, 0.717) is 11.5 Å². The van der Waals surface area contributed by atoms with Crippen LogP contribution in [0.4, 0.5) is 11.6 Å². The molecule has 1 saturated carbocycles. The Labute approximate surface area is 143 Å². The molecule has 0 spiro atoms. The molecule has 0 atom stereocenters. The van der Waals surface area contributed by atoms with E-state index in [2.05, 4.69) is 15.3 Å². The van der Waals surface area contributed by atoms with Crippen molar-refractivity contribution in [1.29, 1.82) is 0 Å². The van der Waals surface area contributed by atoms with E-state index in [1.54, 1.807) is 12.4 Å². The standard InChI is InChI=1S/C19H24N4O/c1-23(17-11-7-4-8-12-17)19-20-13-15(14-21-19)18(24)22-16-9-5-2-3-6-10-16/h4,7-8,11-14,16H,2-3,5-6,9-10H2,1H3,(H,22,24). The number of amides is 1. The van der Waals surface area contributed by atoms with Gasteiger partial charge in [-0.25, -0.2) is 9.97 Å². The van der Waals surface area contributed by atoms with Gasteiger partial charge in [-0.2, -0.15) is 0 Å². The highest BCUT2D eigenvalue weighted by Gasteiger charge is 2.16.